The molecule has 2 amide bonds. The minimum absolute atomic E-state index is 0.0433. The highest BCUT2D eigenvalue weighted by Gasteiger charge is 2.20. The van der Waals surface area contributed by atoms with Gasteiger partial charge in [-0.15, -0.1) is 0 Å². The van der Waals surface area contributed by atoms with E-state index >= 15 is 0 Å². The Bertz CT molecular complexity index is 787. The van der Waals surface area contributed by atoms with E-state index in [2.05, 4.69) is 5.32 Å². The molecule has 0 aliphatic heterocycles. The average molecular weight is 376 g/mol. The lowest BCUT2D eigenvalue weighted by molar-refractivity contribution is -0.117. The van der Waals surface area contributed by atoms with E-state index < -0.39 is 23.2 Å². The molecule has 2 rings (SSSR count). The lowest BCUT2D eigenvalue weighted by atomic mass is 10.2. The Labute approximate surface area is 156 Å². The third-order valence-electron chi connectivity index (χ3n) is 3.66. The van der Waals surface area contributed by atoms with E-state index in [0.29, 0.717) is 11.4 Å². The van der Waals surface area contributed by atoms with Gasteiger partial charge in [-0.25, -0.2) is 8.78 Å². The summed E-state index contributed by atoms with van der Waals surface area (Å²) < 4.78 is 33.4. The third-order valence-corrected chi connectivity index (χ3v) is 3.66. The molecule has 0 bridgehead atoms. The summed E-state index contributed by atoms with van der Waals surface area (Å²) in [4.78, 5) is 24.8. The van der Waals surface area contributed by atoms with Gasteiger partial charge < -0.3 is 15.0 Å². The molecule has 0 aromatic heterocycles. The summed E-state index contributed by atoms with van der Waals surface area (Å²) in [5.41, 5.74) is 0.107. The molecule has 0 aliphatic rings. The number of hydrogen-bond donors (Lipinski definition) is 1. The van der Waals surface area contributed by atoms with Gasteiger partial charge >= 0.3 is 0 Å². The molecule has 5 nitrogen and oxygen atoms in total. The maximum absolute atomic E-state index is 13.9. The number of nitrogens with one attached hydrogen (secondary N) is 1. The van der Waals surface area contributed by atoms with Crippen LogP contribution in [0.4, 0.5) is 20.2 Å². The second-order valence-electron chi connectivity index (χ2n) is 6.23. The van der Waals surface area contributed by atoms with Gasteiger partial charge in [0.15, 0.2) is 0 Å². The molecule has 0 atom stereocenters. The first kappa shape index (κ1) is 20.4. The van der Waals surface area contributed by atoms with Crippen LogP contribution in [-0.2, 0) is 9.59 Å². The number of carbonyl (C=O) groups excluding carboxylic acids is 2. The SMILES string of the molecule is CC(=O)N(CCC(=O)Nc1ccc(OC(C)C)cc1)c1c(F)cccc1F. The Morgan fingerprint density at radius 2 is 1.67 bits per heavy atom. The van der Waals surface area contributed by atoms with Crippen molar-refractivity contribution in [3.8, 4) is 5.75 Å². The summed E-state index contributed by atoms with van der Waals surface area (Å²) in [6, 6.07) is 10.2. The normalized spacial score (nSPS) is 10.6. The molecule has 144 valence electrons. The van der Waals surface area contributed by atoms with Crippen LogP contribution in [0.1, 0.15) is 27.2 Å². The second-order valence-corrected chi connectivity index (χ2v) is 6.23. The van der Waals surface area contributed by atoms with Crippen LogP contribution < -0.4 is 15.0 Å². The van der Waals surface area contributed by atoms with Crippen molar-refractivity contribution >= 4 is 23.2 Å². The van der Waals surface area contributed by atoms with E-state index in [1.807, 2.05) is 13.8 Å². The van der Waals surface area contributed by atoms with Crippen molar-refractivity contribution in [2.75, 3.05) is 16.8 Å². The van der Waals surface area contributed by atoms with Crippen LogP contribution in [-0.4, -0.2) is 24.5 Å². The van der Waals surface area contributed by atoms with Gasteiger partial charge in [-0.05, 0) is 50.2 Å². The Morgan fingerprint density at radius 3 is 2.19 bits per heavy atom. The Morgan fingerprint density at radius 1 is 1.07 bits per heavy atom. The second kappa shape index (κ2) is 9.12. The van der Waals surface area contributed by atoms with Crippen molar-refractivity contribution < 1.29 is 23.1 Å². The van der Waals surface area contributed by atoms with Crippen molar-refractivity contribution in [2.24, 2.45) is 0 Å². The number of anilines is 2. The fourth-order valence-corrected chi connectivity index (χ4v) is 2.50. The van der Waals surface area contributed by atoms with Gasteiger partial charge in [0.25, 0.3) is 0 Å². The number of nitrogens with zero attached hydrogens (tertiary/aromatic N) is 1. The standard InChI is InChI=1S/C20H22F2N2O3/c1-13(2)27-16-9-7-15(8-10-16)23-19(26)11-12-24(14(3)25)20-17(21)5-4-6-18(20)22/h4-10,13H,11-12H2,1-3H3,(H,23,26). The predicted molar refractivity (Wildman–Crippen MR) is 99.8 cm³/mol. The van der Waals surface area contributed by atoms with Crippen LogP contribution in [0.3, 0.4) is 0 Å². The van der Waals surface area contributed by atoms with Crippen molar-refractivity contribution in [1.29, 1.82) is 0 Å². The zero-order valence-electron chi connectivity index (χ0n) is 15.5. The smallest absolute Gasteiger partial charge is 0.226 e. The van der Waals surface area contributed by atoms with Gasteiger partial charge in [0.1, 0.15) is 23.1 Å². The van der Waals surface area contributed by atoms with Gasteiger partial charge in [-0.1, -0.05) is 6.07 Å². The van der Waals surface area contributed by atoms with E-state index in [4.69, 9.17) is 4.74 Å². The molecule has 2 aromatic carbocycles. The molecule has 0 spiro atoms. The molecule has 0 fully saturated rings. The number of amides is 2. The summed E-state index contributed by atoms with van der Waals surface area (Å²) in [5, 5.41) is 2.68. The van der Waals surface area contributed by atoms with E-state index in [1.165, 1.54) is 13.0 Å². The average Bonchev–Trinajstić information content (AvgIpc) is 2.58. The molecule has 2 aromatic rings. The zero-order chi connectivity index (χ0) is 20.0. The van der Waals surface area contributed by atoms with Crippen LogP contribution >= 0.6 is 0 Å². The lowest BCUT2D eigenvalue weighted by Gasteiger charge is -2.22. The summed E-state index contributed by atoms with van der Waals surface area (Å²) >= 11 is 0. The van der Waals surface area contributed by atoms with Gasteiger partial charge in [-0.2, -0.15) is 0 Å². The molecule has 0 saturated heterocycles. The minimum atomic E-state index is -0.855. The van der Waals surface area contributed by atoms with E-state index in [0.717, 1.165) is 17.0 Å². The Hall–Kier alpha value is -2.96. The van der Waals surface area contributed by atoms with Crippen LogP contribution in [0.2, 0.25) is 0 Å². The van der Waals surface area contributed by atoms with E-state index in [9.17, 15) is 18.4 Å². The maximum atomic E-state index is 13.9. The number of ether oxygens (including phenoxy) is 1. The topological polar surface area (TPSA) is 58.6 Å². The fraction of sp³-hybridized carbons (Fsp3) is 0.300. The van der Waals surface area contributed by atoms with E-state index in [-0.39, 0.29) is 25.0 Å². The van der Waals surface area contributed by atoms with Crippen molar-refractivity contribution in [3.63, 3.8) is 0 Å². The Kier molecular flexibility index (Phi) is 6.87. The van der Waals surface area contributed by atoms with E-state index in [1.54, 1.807) is 24.3 Å². The highest BCUT2D eigenvalue weighted by Crippen LogP contribution is 2.24. The molecular weight excluding hydrogens is 354 g/mol. The molecule has 0 aliphatic carbocycles. The predicted octanol–water partition coefficient (Wildman–Crippen LogP) is 4.13. The summed E-state index contributed by atoms with van der Waals surface area (Å²) in [6.45, 7) is 4.87. The summed E-state index contributed by atoms with van der Waals surface area (Å²) in [6.07, 6.45) is -0.0702. The molecule has 27 heavy (non-hydrogen) atoms. The summed E-state index contributed by atoms with van der Waals surface area (Å²) in [5.74, 6) is -1.96. The van der Waals surface area contributed by atoms with Crippen molar-refractivity contribution in [3.05, 3.63) is 54.1 Å². The molecule has 1 N–H and O–H groups in total. The number of para-hydroxylation sites is 1. The zero-order valence-corrected chi connectivity index (χ0v) is 15.5. The Balaban J connectivity index is 1.99. The van der Waals surface area contributed by atoms with Gasteiger partial charge in [0.05, 0.1) is 6.10 Å². The van der Waals surface area contributed by atoms with Crippen LogP contribution in [0.15, 0.2) is 42.5 Å². The first-order chi connectivity index (χ1) is 12.8. The van der Waals surface area contributed by atoms with Crippen LogP contribution in [0.25, 0.3) is 0 Å². The third kappa shape index (κ3) is 5.77. The number of benzene rings is 2. The van der Waals surface area contributed by atoms with Gasteiger partial charge in [0.2, 0.25) is 11.8 Å². The monoisotopic (exact) mass is 376 g/mol. The molecule has 0 saturated carbocycles. The van der Waals surface area contributed by atoms with Crippen molar-refractivity contribution in [1.82, 2.24) is 0 Å². The minimum Gasteiger partial charge on any atom is -0.491 e. The first-order valence-electron chi connectivity index (χ1n) is 8.56. The molecule has 0 unspecified atom stereocenters. The number of rotatable bonds is 7. The van der Waals surface area contributed by atoms with Gasteiger partial charge in [0, 0.05) is 25.6 Å². The van der Waals surface area contributed by atoms with Gasteiger partial charge in [-0.3, -0.25) is 9.59 Å². The van der Waals surface area contributed by atoms with Crippen LogP contribution in [0.5, 0.6) is 5.75 Å². The highest BCUT2D eigenvalue weighted by atomic mass is 19.1. The van der Waals surface area contributed by atoms with Crippen molar-refractivity contribution in [2.45, 2.75) is 33.3 Å². The molecular formula is C20H22F2N2O3. The molecule has 7 heteroatoms. The number of hydrogen-bond acceptors (Lipinski definition) is 3. The largest absolute Gasteiger partial charge is 0.491 e. The number of carbonyl (C=O) groups is 2. The highest BCUT2D eigenvalue weighted by molar-refractivity contribution is 5.95. The fourth-order valence-electron chi connectivity index (χ4n) is 2.50. The molecule has 0 radical (unpaired) electrons. The first-order valence-corrected chi connectivity index (χ1v) is 8.56. The van der Waals surface area contributed by atoms with Crippen LogP contribution in [0, 0.1) is 11.6 Å². The lowest BCUT2D eigenvalue weighted by Crippen LogP contribution is -2.33. The maximum Gasteiger partial charge on any atom is 0.226 e. The quantitative estimate of drug-likeness (QED) is 0.790. The molecule has 0 heterocycles. The number of halogens is 2. The summed E-state index contributed by atoms with van der Waals surface area (Å²) in [7, 11) is 0.